The van der Waals surface area contributed by atoms with Gasteiger partial charge in [0.1, 0.15) is 11.6 Å². The Morgan fingerprint density at radius 3 is 2.57 bits per heavy atom. The number of nitrogens with zero attached hydrogens (tertiary/aromatic N) is 2. The Hall–Kier alpha value is -2.36. The fourth-order valence-electron chi connectivity index (χ4n) is 1.79. The van der Waals surface area contributed by atoms with E-state index < -0.39 is 0 Å². The summed E-state index contributed by atoms with van der Waals surface area (Å²) in [5.41, 5.74) is 2.84. The minimum atomic E-state index is 0.810. The molecule has 0 unspecified atom stereocenters. The third-order valence-corrected chi connectivity index (χ3v) is 2.86. The smallest absolute Gasteiger partial charge is 0.130 e. The van der Waals surface area contributed by atoms with E-state index in [1.807, 2.05) is 57.2 Å². The Labute approximate surface area is 127 Å². The Morgan fingerprint density at radius 2 is 2.00 bits per heavy atom. The van der Waals surface area contributed by atoms with Crippen molar-refractivity contribution in [3.05, 3.63) is 59.7 Å². The van der Waals surface area contributed by atoms with Crippen molar-refractivity contribution < 1.29 is 4.74 Å². The summed E-state index contributed by atoms with van der Waals surface area (Å²) in [6, 6.07) is 5.75. The fourth-order valence-corrected chi connectivity index (χ4v) is 1.79. The van der Waals surface area contributed by atoms with Crippen molar-refractivity contribution in [1.29, 1.82) is 0 Å². The summed E-state index contributed by atoms with van der Waals surface area (Å²) in [6.07, 6.45) is 7.71. The second-order valence-corrected chi connectivity index (χ2v) is 4.06. The molecule has 0 aromatic carbocycles. The largest absolute Gasteiger partial charge is 0.501 e. The van der Waals surface area contributed by atoms with Gasteiger partial charge >= 0.3 is 0 Å². The van der Waals surface area contributed by atoms with E-state index in [0.29, 0.717) is 0 Å². The number of aliphatic imine (C=N–C) groups is 1. The number of rotatable bonds is 3. The molecule has 0 bridgehead atoms. The zero-order chi connectivity index (χ0) is 15.7. The molecule has 21 heavy (non-hydrogen) atoms. The van der Waals surface area contributed by atoms with Crippen LogP contribution in [0.15, 0.2) is 64.6 Å². The van der Waals surface area contributed by atoms with Gasteiger partial charge in [0.2, 0.25) is 0 Å². The number of ether oxygens (including phenoxy) is 1. The Morgan fingerprint density at radius 1 is 1.24 bits per heavy atom. The van der Waals surface area contributed by atoms with Gasteiger partial charge in [-0.25, -0.2) is 4.98 Å². The van der Waals surface area contributed by atoms with Crippen molar-refractivity contribution in [1.82, 2.24) is 4.98 Å². The lowest BCUT2D eigenvalue weighted by Crippen LogP contribution is -2.10. The molecule has 1 aromatic rings. The van der Waals surface area contributed by atoms with Crippen molar-refractivity contribution in [3.8, 4) is 0 Å². The Bertz CT molecular complexity index is 569. The Balaban J connectivity index is 0.00000106. The topological polar surface area (TPSA) is 46.5 Å². The minimum absolute atomic E-state index is 0.810. The molecule has 0 amide bonds. The number of aromatic nitrogens is 1. The van der Waals surface area contributed by atoms with Crippen LogP contribution in [0.4, 0.5) is 5.82 Å². The number of anilines is 1. The zero-order valence-electron chi connectivity index (χ0n) is 13.3. The summed E-state index contributed by atoms with van der Waals surface area (Å²) in [6.45, 7) is 5.93. The van der Waals surface area contributed by atoms with Crippen LogP contribution in [0.3, 0.4) is 0 Å². The lowest BCUT2D eigenvalue weighted by Gasteiger charge is -2.15. The van der Waals surface area contributed by atoms with Crippen molar-refractivity contribution in [2.45, 2.75) is 20.8 Å². The van der Waals surface area contributed by atoms with Crippen molar-refractivity contribution >= 4 is 11.5 Å². The van der Waals surface area contributed by atoms with E-state index in [2.05, 4.69) is 15.3 Å². The van der Waals surface area contributed by atoms with Crippen LogP contribution in [-0.4, -0.2) is 24.9 Å². The predicted molar refractivity (Wildman–Crippen MR) is 89.5 cm³/mol. The molecule has 1 aliphatic carbocycles. The first-order valence-electron chi connectivity index (χ1n) is 7.04. The predicted octanol–water partition coefficient (Wildman–Crippen LogP) is 3.96. The van der Waals surface area contributed by atoms with Gasteiger partial charge in [-0.2, -0.15) is 0 Å². The molecular formula is C17H23N3O. The molecule has 112 valence electrons. The molecule has 0 saturated heterocycles. The molecule has 1 aromatic heterocycles. The molecule has 0 spiro atoms. The van der Waals surface area contributed by atoms with E-state index in [9.17, 15) is 0 Å². The number of nitrogens with one attached hydrogen (secondary N) is 1. The normalized spacial score (nSPS) is 17.6. The third kappa shape index (κ3) is 4.60. The fraction of sp³-hybridized carbons (Fsp3) is 0.294. The average Bonchev–Trinajstić information content (AvgIpc) is 2.56. The van der Waals surface area contributed by atoms with E-state index in [4.69, 9.17) is 4.74 Å². The lowest BCUT2D eigenvalue weighted by molar-refractivity contribution is 0.292. The highest BCUT2D eigenvalue weighted by Crippen LogP contribution is 2.18. The van der Waals surface area contributed by atoms with Gasteiger partial charge in [-0.05, 0) is 37.3 Å². The second kappa shape index (κ2) is 8.74. The molecule has 0 saturated carbocycles. The van der Waals surface area contributed by atoms with E-state index in [0.717, 1.165) is 28.6 Å². The molecule has 0 atom stereocenters. The highest BCUT2D eigenvalue weighted by atomic mass is 16.5. The summed E-state index contributed by atoms with van der Waals surface area (Å²) < 4.78 is 5.26. The highest BCUT2D eigenvalue weighted by Gasteiger charge is 2.11. The molecule has 4 nitrogen and oxygen atoms in total. The van der Waals surface area contributed by atoms with Crippen LogP contribution >= 0.6 is 0 Å². The molecule has 0 fully saturated rings. The molecule has 4 heteroatoms. The van der Waals surface area contributed by atoms with Gasteiger partial charge in [0.25, 0.3) is 0 Å². The monoisotopic (exact) mass is 285 g/mol. The van der Waals surface area contributed by atoms with Crippen molar-refractivity contribution in [3.63, 3.8) is 0 Å². The zero-order valence-corrected chi connectivity index (χ0v) is 13.3. The minimum Gasteiger partial charge on any atom is -0.501 e. The van der Waals surface area contributed by atoms with Gasteiger partial charge in [-0.3, -0.25) is 4.99 Å². The van der Waals surface area contributed by atoms with Gasteiger partial charge in [0, 0.05) is 24.5 Å². The van der Waals surface area contributed by atoms with Crippen LogP contribution in [0.2, 0.25) is 0 Å². The number of pyridine rings is 1. The van der Waals surface area contributed by atoms with Crippen molar-refractivity contribution in [2.24, 2.45) is 4.99 Å². The number of allylic oxidation sites excluding steroid dienone is 5. The summed E-state index contributed by atoms with van der Waals surface area (Å²) >= 11 is 0. The molecule has 1 aliphatic rings. The summed E-state index contributed by atoms with van der Waals surface area (Å²) in [5, 5.41) is 3.24. The standard InChI is InChI=1S/C15H17N3O.C2H6/c1-11(19-3)13-8-7-12(10-14(13)16-2)18-15-6-4-5-9-17-15;1-2/h4-10H,1-3H3,(H,17,18);1-2H3/b13-11+,16-14?;. The SMILES string of the molecule is CC.CN=C1C=C(Nc2ccccn2)C=C/C1=C(/C)OC. The van der Waals surface area contributed by atoms with E-state index >= 15 is 0 Å². The molecule has 1 heterocycles. The molecule has 0 aliphatic heterocycles. The first-order valence-corrected chi connectivity index (χ1v) is 7.04. The summed E-state index contributed by atoms with van der Waals surface area (Å²) in [5.74, 6) is 1.66. The molecule has 2 rings (SSSR count). The highest BCUT2D eigenvalue weighted by molar-refractivity contribution is 6.12. The van der Waals surface area contributed by atoms with Crippen LogP contribution in [-0.2, 0) is 4.74 Å². The lowest BCUT2D eigenvalue weighted by atomic mass is 10.0. The van der Waals surface area contributed by atoms with Crippen LogP contribution in [0.1, 0.15) is 20.8 Å². The molecular weight excluding hydrogens is 262 g/mol. The van der Waals surface area contributed by atoms with Crippen molar-refractivity contribution in [2.75, 3.05) is 19.5 Å². The number of hydrogen-bond donors (Lipinski definition) is 1. The molecule has 0 radical (unpaired) electrons. The van der Waals surface area contributed by atoms with E-state index in [1.165, 1.54) is 0 Å². The van der Waals surface area contributed by atoms with Gasteiger partial charge in [0.05, 0.1) is 12.8 Å². The van der Waals surface area contributed by atoms with E-state index in [1.54, 1.807) is 20.4 Å². The average molecular weight is 285 g/mol. The number of methoxy groups -OCH3 is 1. The van der Waals surface area contributed by atoms with E-state index in [-0.39, 0.29) is 0 Å². The van der Waals surface area contributed by atoms with Gasteiger partial charge in [0.15, 0.2) is 0 Å². The van der Waals surface area contributed by atoms with Crippen LogP contribution in [0, 0.1) is 0 Å². The summed E-state index contributed by atoms with van der Waals surface area (Å²) in [7, 11) is 3.43. The van der Waals surface area contributed by atoms with Crippen LogP contribution in [0.25, 0.3) is 0 Å². The summed E-state index contributed by atoms with van der Waals surface area (Å²) in [4.78, 5) is 8.51. The molecule has 1 N–H and O–H groups in total. The maximum Gasteiger partial charge on any atom is 0.130 e. The van der Waals surface area contributed by atoms with Gasteiger partial charge in [-0.1, -0.05) is 19.9 Å². The van der Waals surface area contributed by atoms with Gasteiger partial charge in [-0.15, -0.1) is 0 Å². The maximum absolute atomic E-state index is 5.26. The van der Waals surface area contributed by atoms with Crippen LogP contribution < -0.4 is 5.32 Å². The Kier molecular flexibility index (Phi) is 6.95. The second-order valence-electron chi connectivity index (χ2n) is 4.06. The van der Waals surface area contributed by atoms with Gasteiger partial charge < -0.3 is 10.1 Å². The van der Waals surface area contributed by atoms with Crippen LogP contribution in [0.5, 0.6) is 0 Å². The maximum atomic E-state index is 5.26. The first kappa shape index (κ1) is 16.7. The third-order valence-electron chi connectivity index (χ3n) is 2.86. The first-order chi connectivity index (χ1) is 10.2. The quantitative estimate of drug-likeness (QED) is 0.855. The number of hydrogen-bond acceptors (Lipinski definition) is 4.